The van der Waals surface area contributed by atoms with E-state index >= 15 is 0 Å². The first-order chi connectivity index (χ1) is 15.8. The summed E-state index contributed by atoms with van der Waals surface area (Å²) in [6, 6.07) is 19.7. The Morgan fingerprint density at radius 1 is 1.12 bits per heavy atom. The maximum Gasteiger partial charge on any atom is 0.490 e. The van der Waals surface area contributed by atoms with Crippen LogP contribution in [0.1, 0.15) is 40.8 Å². The fraction of sp³-hybridized carbons (Fsp3) is 0.333. The number of benzene rings is 2. The Hall–Kier alpha value is -3.33. The second-order valence-corrected chi connectivity index (χ2v) is 8.05. The topological polar surface area (TPSA) is 78.6 Å². The first-order valence-electron chi connectivity index (χ1n) is 10.7. The molecular weight excluding hydrogens is 435 g/mol. The van der Waals surface area contributed by atoms with E-state index in [2.05, 4.69) is 69.8 Å². The number of anilines is 1. The van der Waals surface area contributed by atoms with E-state index in [9.17, 15) is 13.2 Å². The molecule has 1 saturated heterocycles. The molecule has 0 spiro atoms. The minimum Gasteiger partial charge on any atom is -0.475 e. The number of nitrogens with one attached hydrogen (secondary N) is 1. The number of fused-ring (bicyclic) bond motifs is 1. The largest absolute Gasteiger partial charge is 0.490 e. The van der Waals surface area contributed by atoms with Gasteiger partial charge < -0.3 is 19.7 Å². The van der Waals surface area contributed by atoms with Crippen molar-refractivity contribution < 1.29 is 27.5 Å². The molecule has 2 aliphatic heterocycles. The third-order valence-corrected chi connectivity index (χ3v) is 5.95. The van der Waals surface area contributed by atoms with Gasteiger partial charge in [0.25, 0.3) is 0 Å². The van der Waals surface area contributed by atoms with Gasteiger partial charge in [0.05, 0.1) is 6.54 Å². The highest BCUT2D eigenvalue weighted by atomic mass is 19.4. The minimum atomic E-state index is -5.08. The zero-order valence-electron chi connectivity index (χ0n) is 17.8. The van der Waals surface area contributed by atoms with Crippen molar-refractivity contribution in [2.24, 2.45) is 0 Å². The van der Waals surface area contributed by atoms with Crippen LogP contribution < -0.4 is 10.2 Å². The van der Waals surface area contributed by atoms with Gasteiger partial charge in [-0.25, -0.2) is 9.78 Å². The standard InChI is InChI=1S/C22H23N3O.C2HF3O2/c1-2-6-16(7-3-1)18-10-11-25(21-9-5-4-8-19(18)21)14-20-22(26-15-24-20)17-12-23-13-17;3-2(4,5)1(6)7/h1-9,15,17-18,23H,10-14H2;(H,6,7). The number of aliphatic carboxylic acids is 1. The average Bonchev–Trinajstić information content (AvgIpc) is 3.20. The van der Waals surface area contributed by atoms with Crippen LogP contribution in [0.15, 0.2) is 65.4 Å². The summed E-state index contributed by atoms with van der Waals surface area (Å²) in [5.74, 6) is -0.750. The number of carboxylic acid groups (broad SMARTS) is 1. The van der Waals surface area contributed by atoms with Crippen LogP contribution in [-0.4, -0.2) is 41.9 Å². The molecule has 1 fully saturated rings. The molecule has 2 aliphatic rings. The van der Waals surface area contributed by atoms with Crippen LogP contribution in [0.3, 0.4) is 0 Å². The van der Waals surface area contributed by atoms with Crippen molar-refractivity contribution in [3.05, 3.63) is 83.6 Å². The predicted octanol–water partition coefficient (Wildman–Crippen LogP) is 4.54. The van der Waals surface area contributed by atoms with Crippen molar-refractivity contribution in [3.8, 4) is 0 Å². The fourth-order valence-electron chi connectivity index (χ4n) is 4.21. The Kier molecular flexibility index (Phi) is 6.69. The van der Waals surface area contributed by atoms with E-state index in [1.165, 1.54) is 16.8 Å². The Bertz CT molecular complexity index is 1080. The highest BCUT2D eigenvalue weighted by molar-refractivity contribution is 5.73. The van der Waals surface area contributed by atoms with E-state index in [0.717, 1.165) is 44.1 Å². The number of halogens is 3. The van der Waals surface area contributed by atoms with Crippen LogP contribution in [0.5, 0.6) is 0 Å². The summed E-state index contributed by atoms with van der Waals surface area (Å²) >= 11 is 0. The summed E-state index contributed by atoms with van der Waals surface area (Å²) < 4.78 is 37.4. The van der Waals surface area contributed by atoms with Gasteiger partial charge in [-0.3, -0.25) is 0 Å². The van der Waals surface area contributed by atoms with Crippen molar-refractivity contribution in [2.75, 3.05) is 24.5 Å². The summed E-state index contributed by atoms with van der Waals surface area (Å²) in [5.41, 5.74) is 5.24. The van der Waals surface area contributed by atoms with Crippen molar-refractivity contribution in [3.63, 3.8) is 0 Å². The zero-order chi connectivity index (χ0) is 23.4. The van der Waals surface area contributed by atoms with Crippen LogP contribution >= 0.6 is 0 Å². The lowest BCUT2D eigenvalue weighted by atomic mass is 9.84. The summed E-state index contributed by atoms with van der Waals surface area (Å²) in [6.45, 7) is 3.84. The molecular formula is C24H24F3N3O3. The van der Waals surface area contributed by atoms with Gasteiger partial charge in [0, 0.05) is 37.2 Å². The summed E-state index contributed by atoms with van der Waals surface area (Å²) in [5, 5.41) is 10.4. The van der Waals surface area contributed by atoms with Crippen LogP contribution in [0, 0.1) is 0 Å². The Labute approximate surface area is 189 Å². The lowest BCUT2D eigenvalue weighted by Crippen LogP contribution is -2.40. The minimum absolute atomic E-state index is 0.469. The van der Waals surface area contributed by atoms with E-state index in [1.54, 1.807) is 6.39 Å². The average molecular weight is 459 g/mol. The smallest absolute Gasteiger partial charge is 0.475 e. The maximum atomic E-state index is 10.6. The van der Waals surface area contributed by atoms with Gasteiger partial charge in [-0.15, -0.1) is 0 Å². The first kappa shape index (κ1) is 22.8. The molecule has 2 aromatic carbocycles. The number of oxazole rings is 1. The van der Waals surface area contributed by atoms with Gasteiger partial charge >= 0.3 is 12.1 Å². The molecule has 1 unspecified atom stereocenters. The SMILES string of the molecule is O=C(O)C(F)(F)F.c1ccc(C2CCN(Cc3ncoc3C3CNC3)c3ccccc32)cc1. The van der Waals surface area contributed by atoms with Crippen LogP contribution in [0.4, 0.5) is 18.9 Å². The van der Waals surface area contributed by atoms with Crippen LogP contribution in [-0.2, 0) is 11.3 Å². The summed E-state index contributed by atoms with van der Waals surface area (Å²) in [4.78, 5) is 15.9. The van der Waals surface area contributed by atoms with Crippen molar-refractivity contribution in [2.45, 2.75) is 31.0 Å². The van der Waals surface area contributed by atoms with Gasteiger partial charge in [-0.05, 0) is 23.6 Å². The van der Waals surface area contributed by atoms with E-state index in [0.29, 0.717) is 11.8 Å². The lowest BCUT2D eigenvalue weighted by Gasteiger charge is -2.36. The molecule has 1 aromatic heterocycles. The van der Waals surface area contributed by atoms with Crippen LogP contribution in [0.2, 0.25) is 0 Å². The van der Waals surface area contributed by atoms with E-state index in [-0.39, 0.29) is 0 Å². The highest BCUT2D eigenvalue weighted by Gasteiger charge is 2.38. The molecule has 5 rings (SSSR count). The van der Waals surface area contributed by atoms with Crippen molar-refractivity contribution in [1.29, 1.82) is 0 Å². The summed E-state index contributed by atoms with van der Waals surface area (Å²) in [7, 11) is 0. The van der Waals surface area contributed by atoms with Crippen molar-refractivity contribution >= 4 is 11.7 Å². The second-order valence-electron chi connectivity index (χ2n) is 8.05. The molecule has 1 atom stereocenters. The molecule has 9 heteroatoms. The number of hydrogen-bond donors (Lipinski definition) is 2. The molecule has 174 valence electrons. The third kappa shape index (κ3) is 5.19. The number of para-hydroxylation sites is 1. The monoisotopic (exact) mass is 459 g/mol. The first-order valence-corrected chi connectivity index (χ1v) is 10.7. The normalized spacial score (nSPS) is 18.0. The number of rotatable bonds is 4. The third-order valence-electron chi connectivity index (χ3n) is 5.95. The molecule has 0 amide bonds. The molecule has 2 N–H and O–H groups in total. The molecule has 6 nitrogen and oxygen atoms in total. The quantitative estimate of drug-likeness (QED) is 0.597. The van der Waals surface area contributed by atoms with Gasteiger partial charge in [-0.2, -0.15) is 13.2 Å². The predicted molar refractivity (Wildman–Crippen MR) is 116 cm³/mol. The molecule has 0 aliphatic carbocycles. The fourth-order valence-corrected chi connectivity index (χ4v) is 4.21. The van der Waals surface area contributed by atoms with Crippen LogP contribution in [0.25, 0.3) is 0 Å². The van der Waals surface area contributed by atoms with E-state index in [1.807, 2.05) is 0 Å². The Morgan fingerprint density at radius 3 is 2.42 bits per heavy atom. The maximum absolute atomic E-state index is 10.6. The molecule has 0 radical (unpaired) electrons. The number of carbonyl (C=O) groups is 1. The highest BCUT2D eigenvalue weighted by Crippen LogP contribution is 2.40. The number of aromatic nitrogens is 1. The van der Waals surface area contributed by atoms with Gasteiger partial charge in [0.15, 0.2) is 6.39 Å². The number of alkyl halides is 3. The molecule has 0 bridgehead atoms. The second kappa shape index (κ2) is 9.66. The van der Waals surface area contributed by atoms with Gasteiger partial charge in [0.1, 0.15) is 11.5 Å². The Morgan fingerprint density at radius 2 is 1.79 bits per heavy atom. The van der Waals surface area contributed by atoms with E-state index < -0.39 is 12.1 Å². The molecule has 3 aromatic rings. The molecule has 3 heterocycles. The lowest BCUT2D eigenvalue weighted by molar-refractivity contribution is -0.192. The summed E-state index contributed by atoms with van der Waals surface area (Å²) in [6.07, 6.45) is -2.36. The molecule has 33 heavy (non-hydrogen) atoms. The molecule has 0 saturated carbocycles. The van der Waals surface area contributed by atoms with Gasteiger partial charge in [-0.1, -0.05) is 48.5 Å². The zero-order valence-corrected chi connectivity index (χ0v) is 17.8. The Balaban J connectivity index is 0.000000325. The number of nitrogens with zero attached hydrogens (tertiary/aromatic N) is 2. The van der Waals surface area contributed by atoms with E-state index in [4.69, 9.17) is 14.3 Å². The van der Waals surface area contributed by atoms with Gasteiger partial charge in [0.2, 0.25) is 0 Å². The number of hydrogen-bond acceptors (Lipinski definition) is 5. The number of carboxylic acids is 1. The van der Waals surface area contributed by atoms with Crippen molar-refractivity contribution in [1.82, 2.24) is 10.3 Å².